The van der Waals surface area contributed by atoms with Crippen LogP contribution in [-0.2, 0) is 9.59 Å². The minimum Gasteiger partial charge on any atom is -0.481 e. The molecule has 0 aliphatic heterocycles. The van der Waals surface area contributed by atoms with Gasteiger partial charge in [0.15, 0.2) is 0 Å². The Bertz CT molecular complexity index is 273. The van der Waals surface area contributed by atoms with Crippen LogP contribution in [0.15, 0.2) is 0 Å². The molecular weight excluding hydrogens is 172 g/mol. The summed E-state index contributed by atoms with van der Waals surface area (Å²) in [4.78, 5) is 21.9. The van der Waals surface area contributed by atoms with Crippen LogP contribution >= 0.6 is 0 Å². The molecule has 0 radical (unpaired) electrons. The quantitative estimate of drug-likeness (QED) is 0.679. The summed E-state index contributed by atoms with van der Waals surface area (Å²) in [7, 11) is 0. The van der Waals surface area contributed by atoms with Crippen molar-refractivity contribution >= 4 is 11.9 Å². The van der Waals surface area contributed by atoms with Crippen LogP contribution in [0.25, 0.3) is 0 Å². The molecule has 4 heteroatoms. The lowest BCUT2D eigenvalue weighted by molar-refractivity contribution is -0.199. The van der Waals surface area contributed by atoms with Crippen LogP contribution in [0, 0.1) is 16.7 Å². The van der Waals surface area contributed by atoms with Crippen molar-refractivity contribution < 1.29 is 19.8 Å². The molecule has 0 amide bonds. The molecule has 0 saturated heterocycles. The van der Waals surface area contributed by atoms with E-state index < -0.39 is 22.8 Å². The summed E-state index contributed by atoms with van der Waals surface area (Å²) < 4.78 is 0. The lowest BCUT2D eigenvalue weighted by Gasteiger charge is -2.55. The lowest BCUT2D eigenvalue weighted by atomic mass is 9.45. The number of carboxylic acid groups (broad SMARTS) is 2. The molecule has 74 valence electrons. The Morgan fingerprint density at radius 3 is 1.85 bits per heavy atom. The van der Waals surface area contributed by atoms with E-state index in [9.17, 15) is 9.59 Å². The highest BCUT2D eigenvalue weighted by atomic mass is 16.4. The highest BCUT2D eigenvalue weighted by Crippen LogP contribution is 2.60. The first-order chi connectivity index (χ1) is 5.76. The fraction of sp³-hybridized carbons (Fsp3) is 0.778. The molecule has 4 nitrogen and oxygen atoms in total. The summed E-state index contributed by atoms with van der Waals surface area (Å²) in [6.07, 6.45) is 0.436. The number of aliphatic carboxylic acids is 2. The zero-order valence-electron chi connectivity index (χ0n) is 8.00. The topological polar surface area (TPSA) is 74.6 Å². The van der Waals surface area contributed by atoms with Gasteiger partial charge in [-0.1, -0.05) is 6.92 Å². The fourth-order valence-corrected chi connectivity index (χ4v) is 2.20. The van der Waals surface area contributed by atoms with Crippen LogP contribution in [0.3, 0.4) is 0 Å². The van der Waals surface area contributed by atoms with Crippen molar-refractivity contribution in [3.8, 4) is 0 Å². The number of hydrogen-bond donors (Lipinski definition) is 2. The first-order valence-electron chi connectivity index (χ1n) is 4.23. The number of carboxylic acids is 2. The van der Waals surface area contributed by atoms with Crippen molar-refractivity contribution in [3.05, 3.63) is 0 Å². The summed E-state index contributed by atoms with van der Waals surface area (Å²) in [5.74, 6) is -2.11. The standard InChI is InChI=1S/C9H14O4/c1-5-4-8(2,6(10)11)9(5,3)7(12)13/h5H,4H2,1-3H3,(H,10,11)(H,12,13). The second kappa shape index (κ2) is 2.47. The van der Waals surface area contributed by atoms with Gasteiger partial charge in [0.2, 0.25) is 0 Å². The third-order valence-corrected chi connectivity index (χ3v) is 3.76. The summed E-state index contributed by atoms with van der Waals surface area (Å²) in [5, 5.41) is 17.9. The fourth-order valence-electron chi connectivity index (χ4n) is 2.20. The average molecular weight is 186 g/mol. The highest BCUT2D eigenvalue weighted by Gasteiger charge is 2.66. The second-order valence-electron chi connectivity index (χ2n) is 4.25. The summed E-state index contributed by atoms with van der Waals surface area (Å²) in [5.41, 5.74) is -2.24. The molecule has 1 aliphatic rings. The summed E-state index contributed by atoms with van der Waals surface area (Å²) in [6, 6.07) is 0. The first kappa shape index (κ1) is 10.0. The smallest absolute Gasteiger partial charge is 0.310 e. The van der Waals surface area contributed by atoms with Crippen molar-refractivity contribution in [2.24, 2.45) is 16.7 Å². The van der Waals surface area contributed by atoms with Crippen molar-refractivity contribution in [2.45, 2.75) is 27.2 Å². The molecule has 0 aromatic carbocycles. The molecule has 0 spiro atoms. The Hall–Kier alpha value is -1.06. The van der Waals surface area contributed by atoms with Gasteiger partial charge >= 0.3 is 11.9 Å². The van der Waals surface area contributed by atoms with Gasteiger partial charge in [0.25, 0.3) is 0 Å². The number of hydrogen-bond acceptors (Lipinski definition) is 2. The zero-order chi connectivity index (χ0) is 10.4. The highest BCUT2D eigenvalue weighted by molar-refractivity contribution is 5.88. The Kier molecular flexibility index (Phi) is 1.90. The van der Waals surface area contributed by atoms with Gasteiger partial charge in [0, 0.05) is 0 Å². The largest absolute Gasteiger partial charge is 0.481 e. The SMILES string of the molecule is CC1CC(C)(C(=O)O)C1(C)C(=O)O. The number of carbonyl (C=O) groups is 2. The maximum Gasteiger partial charge on any atom is 0.310 e. The third kappa shape index (κ3) is 0.913. The Morgan fingerprint density at radius 1 is 1.23 bits per heavy atom. The maximum atomic E-state index is 11.0. The Balaban J connectivity index is 3.08. The van der Waals surface area contributed by atoms with Crippen LogP contribution in [0.5, 0.6) is 0 Å². The monoisotopic (exact) mass is 186 g/mol. The molecule has 3 atom stereocenters. The molecule has 0 aromatic heterocycles. The lowest BCUT2D eigenvalue weighted by Crippen LogP contribution is -2.62. The molecule has 2 N–H and O–H groups in total. The Morgan fingerprint density at radius 2 is 1.69 bits per heavy atom. The van der Waals surface area contributed by atoms with Crippen LogP contribution in [0.2, 0.25) is 0 Å². The van der Waals surface area contributed by atoms with Crippen molar-refractivity contribution in [1.29, 1.82) is 0 Å². The molecular formula is C9H14O4. The van der Waals surface area contributed by atoms with Gasteiger partial charge in [-0.25, -0.2) is 0 Å². The van der Waals surface area contributed by atoms with E-state index in [1.54, 1.807) is 6.92 Å². The van der Waals surface area contributed by atoms with Crippen molar-refractivity contribution in [3.63, 3.8) is 0 Å². The molecule has 3 unspecified atom stereocenters. The summed E-state index contributed by atoms with van der Waals surface area (Å²) in [6.45, 7) is 4.79. The van der Waals surface area contributed by atoms with Gasteiger partial charge in [-0.3, -0.25) is 9.59 Å². The molecule has 0 aromatic rings. The van der Waals surface area contributed by atoms with Crippen LogP contribution in [-0.4, -0.2) is 22.2 Å². The van der Waals surface area contributed by atoms with Crippen LogP contribution < -0.4 is 0 Å². The van der Waals surface area contributed by atoms with Gasteiger partial charge in [-0.2, -0.15) is 0 Å². The predicted octanol–water partition coefficient (Wildman–Crippen LogP) is 1.21. The maximum absolute atomic E-state index is 11.0. The van der Waals surface area contributed by atoms with E-state index in [0.29, 0.717) is 6.42 Å². The van der Waals surface area contributed by atoms with Crippen LogP contribution in [0.1, 0.15) is 27.2 Å². The molecule has 0 heterocycles. The molecule has 1 rings (SSSR count). The summed E-state index contributed by atoms with van der Waals surface area (Å²) >= 11 is 0. The average Bonchev–Trinajstić information content (AvgIpc) is 2.02. The number of rotatable bonds is 2. The van der Waals surface area contributed by atoms with E-state index in [0.717, 1.165) is 0 Å². The van der Waals surface area contributed by atoms with Gasteiger partial charge in [-0.05, 0) is 26.2 Å². The van der Waals surface area contributed by atoms with Crippen LogP contribution in [0.4, 0.5) is 0 Å². The predicted molar refractivity (Wildman–Crippen MR) is 45.3 cm³/mol. The van der Waals surface area contributed by atoms with Gasteiger partial charge in [0.1, 0.15) is 0 Å². The minimum atomic E-state index is -1.13. The van der Waals surface area contributed by atoms with E-state index in [1.165, 1.54) is 13.8 Å². The van der Waals surface area contributed by atoms with E-state index in [1.807, 2.05) is 0 Å². The van der Waals surface area contributed by atoms with Gasteiger partial charge in [0.05, 0.1) is 10.8 Å². The van der Waals surface area contributed by atoms with E-state index in [4.69, 9.17) is 10.2 Å². The van der Waals surface area contributed by atoms with Crippen molar-refractivity contribution in [2.75, 3.05) is 0 Å². The molecule has 1 saturated carbocycles. The molecule has 1 aliphatic carbocycles. The molecule has 1 fully saturated rings. The van der Waals surface area contributed by atoms with Gasteiger partial charge in [-0.15, -0.1) is 0 Å². The zero-order valence-corrected chi connectivity index (χ0v) is 8.00. The normalized spacial score (nSPS) is 43.8. The van der Waals surface area contributed by atoms with Gasteiger partial charge < -0.3 is 10.2 Å². The Labute approximate surface area is 76.6 Å². The van der Waals surface area contributed by atoms with E-state index in [2.05, 4.69) is 0 Å². The van der Waals surface area contributed by atoms with Crippen molar-refractivity contribution in [1.82, 2.24) is 0 Å². The first-order valence-corrected chi connectivity index (χ1v) is 4.23. The van der Waals surface area contributed by atoms with E-state index in [-0.39, 0.29) is 5.92 Å². The minimum absolute atomic E-state index is 0.0777. The van der Waals surface area contributed by atoms with E-state index >= 15 is 0 Å². The molecule has 0 bridgehead atoms. The second-order valence-corrected chi connectivity index (χ2v) is 4.25. The molecule has 13 heavy (non-hydrogen) atoms. The third-order valence-electron chi connectivity index (χ3n) is 3.76.